The van der Waals surface area contributed by atoms with Gasteiger partial charge in [-0.1, -0.05) is 24.3 Å². The third-order valence-corrected chi connectivity index (χ3v) is 5.01. The second kappa shape index (κ2) is 8.37. The molecule has 0 bridgehead atoms. The van der Waals surface area contributed by atoms with Gasteiger partial charge in [0.25, 0.3) is 0 Å². The molecule has 0 saturated carbocycles. The van der Waals surface area contributed by atoms with Crippen LogP contribution in [0.2, 0.25) is 0 Å². The smallest absolute Gasteiger partial charge is 0.228 e. The summed E-state index contributed by atoms with van der Waals surface area (Å²) in [4.78, 5) is 17.7. The first-order valence-electron chi connectivity index (χ1n) is 7.81. The van der Waals surface area contributed by atoms with E-state index in [1.165, 1.54) is 11.8 Å². The molecule has 1 heterocycles. The number of carbonyl (C=O) groups excluding carboxylic acids is 1. The van der Waals surface area contributed by atoms with Crippen molar-refractivity contribution in [2.24, 2.45) is 7.05 Å². The lowest BCUT2D eigenvalue weighted by molar-refractivity contribution is -0.115. The van der Waals surface area contributed by atoms with Crippen molar-refractivity contribution in [3.8, 4) is 5.75 Å². The summed E-state index contributed by atoms with van der Waals surface area (Å²) in [5.74, 6) is 0.643. The summed E-state index contributed by atoms with van der Waals surface area (Å²) in [5, 5.41) is 7.87. The maximum atomic E-state index is 12.5. The van der Waals surface area contributed by atoms with Crippen molar-refractivity contribution in [3.63, 3.8) is 0 Å². The number of methoxy groups -OCH3 is 1. The number of aryl methyl sites for hydroxylation is 1. The van der Waals surface area contributed by atoms with Crippen LogP contribution in [-0.4, -0.2) is 27.8 Å². The monoisotopic (exact) mass is 432 g/mol. The number of benzene rings is 2. The number of halogens is 1. The summed E-state index contributed by atoms with van der Waals surface area (Å²) in [6.45, 7) is 0. The van der Waals surface area contributed by atoms with Gasteiger partial charge in [-0.3, -0.25) is 4.79 Å². The van der Waals surface area contributed by atoms with Crippen LogP contribution in [-0.2, 0) is 18.3 Å². The molecule has 134 valence electrons. The quantitative estimate of drug-likeness (QED) is 0.638. The number of nitrogens with zero attached hydrogens (tertiary/aromatic N) is 3. The summed E-state index contributed by atoms with van der Waals surface area (Å²) in [5.41, 5.74) is 1.63. The fourth-order valence-corrected chi connectivity index (χ4v) is 3.75. The normalized spacial score (nSPS) is 10.6. The van der Waals surface area contributed by atoms with Crippen molar-refractivity contribution in [1.82, 2.24) is 14.8 Å². The molecule has 0 radical (unpaired) electrons. The molecule has 8 heteroatoms. The largest absolute Gasteiger partial charge is 0.497 e. The van der Waals surface area contributed by atoms with Crippen LogP contribution < -0.4 is 10.1 Å². The summed E-state index contributed by atoms with van der Waals surface area (Å²) in [6, 6.07) is 15.1. The molecule has 2 aromatic carbocycles. The minimum atomic E-state index is -0.0922. The highest BCUT2D eigenvalue weighted by molar-refractivity contribution is 9.10. The standard InChI is InChI=1S/C18H17BrN4O2S/c1-23-18(21-17(19)22-23)26-15-9-4-3-8-14(15)20-16(24)11-12-6-5-7-13(10-12)25-2/h3-10H,11H2,1-2H3,(H,20,24). The molecule has 1 N–H and O–H groups in total. The molecule has 26 heavy (non-hydrogen) atoms. The Morgan fingerprint density at radius 1 is 1.27 bits per heavy atom. The van der Waals surface area contributed by atoms with E-state index in [9.17, 15) is 4.79 Å². The minimum Gasteiger partial charge on any atom is -0.497 e. The van der Waals surface area contributed by atoms with E-state index in [2.05, 4.69) is 31.3 Å². The number of carbonyl (C=O) groups is 1. The fourth-order valence-electron chi connectivity index (χ4n) is 2.35. The maximum absolute atomic E-state index is 12.5. The van der Waals surface area contributed by atoms with E-state index in [0.717, 1.165) is 27.1 Å². The van der Waals surface area contributed by atoms with Gasteiger partial charge in [0, 0.05) is 11.9 Å². The van der Waals surface area contributed by atoms with Crippen molar-refractivity contribution in [2.45, 2.75) is 16.5 Å². The Balaban J connectivity index is 1.73. The summed E-state index contributed by atoms with van der Waals surface area (Å²) in [6.07, 6.45) is 0.270. The summed E-state index contributed by atoms with van der Waals surface area (Å²) in [7, 11) is 3.43. The molecule has 3 rings (SSSR count). The number of nitrogens with one attached hydrogen (secondary N) is 1. The van der Waals surface area contributed by atoms with Crippen LogP contribution in [0.25, 0.3) is 0 Å². The first-order chi connectivity index (χ1) is 12.5. The molecule has 6 nitrogen and oxygen atoms in total. The van der Waals surface area contributed by atoms with Crippen molar-refractivity contribution in [1.29, 1.82) is 0 Å². The first-order valence-corrected chi connectivity index (χ1v) is 9.42. The van der Waals surface area contributed by atoms with Gasteiger partial charge in [-0.25, -0.2) is 4.68 Å². The molecular weight excluding hydrogens is 416 g/mol. The second-order valence-corrected chi connectivity index (χ2v) is 7.18. The van der Waals surface area contributed by atoms with E-state index in [0.29, 0.717) is 4.73 Å². The predicted octanol–water partition coefficient (Wildman–Crippen LogP) is 3.92. The molecule has 1 amide bonds. The number of aromatic nitrogens is 3. The number of hydrogen-bond donors (Lipinski definition) is 1. The van der Waals surface area contributed by atoms with Crippen LogP contribution in [0.15, 0.2) is 63.3 Å². The molecule has 0 saturated heterocycles. The molecule has 3 aromatic rings. The van der Waals surface area contributed by atoms with Crippen LogP contribution in [0.5, 0.6) is 5.75 Å². The Morgan fingerprint density at radius 2 is 2.08 bits per heavy atom. The van der Waals surface area contributed by atoms with Gasteiger partial charge in [-0.05, 0) is 57.5 Å². The SMILES string of the molecule is COc1cccc(CC(=O)Nc2ccccc2Sc2nc(Br)nn2C)c1. The lowest BCUT2D eigenvalue weighted by Gasteiger charge is -2.10. The lowest BCUT2D eigenvalue weighted by Crippen LogP contribution is -2.15. The Labute approximate surface area is 164 Å². The van der Waals surface area contributed by atoms with Gasteiger partial charge in [0.2, 0.25) is 10.6 Å². The molecule has 0 aliphatic carbocycles. The molecule has 0 fully saturated rings. The number of anilines is 1. The van der Waals surface area contributed by atoms with Gasteiger partial charge in [0.05, 0.1) is 19.2 Å². The van der Waals surface area contributed by atoms with Crippen molar-refractivity contribution in [3.05, 3.63) is 58.8 Å². The highest BCUT2D eigenvalue weighted by Gasteiger charge is 2.12. The minimum absolute atomic E-state index is 0.0922. The molecule has 0 unspecified atom stereocenters. The Morgan fingerprint density at radius 3 is 2.81 bits per heavy atom. The van der Waals surface area contributed by atoms with Gasteiger partial charge >= 0.3 is 0 Å². The van der Waals surface area contributed by atoms with E-state index in [1.807, 2.05) is 55.6 Å². The van der Waals surface area contributed by atoms with Gasteiger partial charge in [0.1, 0.15) is 5.75 Å². The molecule has 0 atom stereocenters. The van der Waals surface area contributed by atoms with Gasteiger partial charge < -0.3 is 10.1 Å². The first kappa shape index (κ1) is 18.5. The summed E-state index contributed by atoms with van der Waals surface area (Å²) >= 11 is 4.71. The maximum Gasteiger partial charge on any atom is 0.228 e. The Bertz CT molecular complexity index is 929. The zero-order valence-corrected chi connectivity index (χ0v) is 16.7. The average Bonchev–Trinajstić information content (AvgIpc) is 2.94. The third-order valence-electron chi connectivity index (χ3n) is 3.56. The second-order valence-electron chi connectivity index (χ2n) is 5.46. The van der Waals surface area contributed by atoms with Crippen LogP contribution >= 0.6 is 27.7 Å². The van der Waals surface area contributed by atoms with Gasteiger partial charge in [0.15, 0.2) is 5.16 Å². The zero-order chi connectivity index (χ0) is 18.5. The molecular formula is C18H17BrN4O2S. The number of hydrogen-bond acceptors (Lipinski definition) is 5. The zero-order valence-electron chi connectivity index (χ0n) is 14.3. The lowest BCUT2D eigenvalue weighted by atomic mass is 10.1. The van der Waals surface area contributed by atoms with E-state index >= 15 is 0 Å². The van der Waals surface area contributed by atoms with Gasteiger partial charge in [-0.15, -0.1) is 5.10 Å². The number of rotatable bonds is 6. The topological polar surface area (TPSA) is 69.0 Å². The predicted molar refractivity (Wildman–Crippen MR) is 105 cm³/mol. The Kier molecular flexibility index (Phi) is 5.95. The number of amides is 1. The molecule has 0 spiro atoms. The van der Waals surface area contributed by atoms with Crippen molar-refractivity contribution in [2.75, 3.05) is 12.4 Å². The van der Waals surface area contributed by atoms with Crippen LogP contribution in [0.3, 0.4) is 0 Å². The molecule has 0 aliphatic rings. The van der Waals surface area contributed by atoms with Crippen LogP contribution in [0.4, 0.5) is 5.69 Å². The van der Waals surface area contributed by atoms with Crippen LogP contribution in [0.1, 0.15) is 5.56 Å². The highest BCUT2D eigenvalue weighted by atomic mass is 79.9. The fraction of sp³-hybridized carbons (Fsp3) is 0.167. The molecule has 0 aliphatic heterocycles. The van der Waals surface area contributed by atoms with Crippen LogP contribution in [0, 0.1) is 0 Å². The summed E-state index contributed by atoms with van der Waals surface area (Å²) < 4.78 is 7.41. The van der Waals surface area contributed by atoms with E-state index in [4.69, 9.17) is 4.74 Å². The van der Waals surface area contributed by atoms with Crippen molar-refractivity contribution < 1.29 is 9.53 Å². The third kappa shape index (κ3) is 4.64. The Hall–Kier alpha value is -2.32. The number of ether oxygens (including phenoxy) is 1. The number of para-hydroxylation sites is 1. The van der Waals surface area contributed by atoms with Gasteiger partial charge in [-0.2, -0.15) is 4.98 Å². The highest BCUT2D eigenvalue weighted by Crippen LogP contribution is 2.32. The van der Waals surface area contributed by atoms with Crippen molar-refractivity contribution >= 4 is 39.3 Å². The van der Waals surface area contributed by atoms with E-state index in [1.54, 1.807) is 11.8 Å². The van der Waals surface area contributed by atoms with E-state index in [-0.39, 0.29) is 12.3 Å². The van der Waals surface area contributed by atoms with E-state index < -0.39 is 0 Å². The molecule has 1 aromatic heterocycles. The average molecular weight is 433 g/mol.